The fourth-order valence-electron chi connectivity index (χ4n) is 1.84. The van der Waals surface area contributed by atoms with Crippen molar-refractivity contribution < 1.29 is 19.1 Å². The van der Waals surface area contributed by atoms with E-state index < -0.39 is 18.1 Å². The van der Waals surface area contributed by atoms with Crippen molar-refractivity contribution in [3.05, 3.63) is 35.9 Å². The molecule has 0 spiro atoms. The summed E-state index contributed by atoms with van der Waals surface area (Å²) in [6.45, 7) is 6.14. The van der Waals surface area contributed by atoms with Crippen molar-refractivity contribution in [2.45, 2.75) is 39.8 Å². The Morgan fingerprint density at radius 3 is 2.38 bits per heavy atom. The molecule has 1 atom stereocenters. The Morgan fingerprint density at radius 1 is 1.14 bits per heavy atom. The monoisotopic (exact) mass is 293 g/mol. The first-order valence-corrected chi connectivity index (χ1v) is 7.16. The number of carbonyl (C=O) groups excluding carboxylic acids is 2. The van der Waals surface area contributed by atoms with Crippen LogP contribution >= 0.6 is 0 Å². The molecule has 1 unspecified atom stereocenters. The Labute approximate surface area is 125 Å². The Kier molecular flexibility index (Phi) is 7.29. The van der Waals surface area contributed by atoms with Crippen molar-refractivity contribution >= 4 is 12.1 Å². The van der Waals surface area contributed by atoms with Crippen molar-refractivity contribution in [3.63, 3.8) is 0 Å². The van der Waals surface area contributed by atoms with Crippen molar-refractivity contribution in [1.82, 2.24) is 5.32 Å². The minimum atomic E-state index is -0.673. The molecule has 0 aliphatic carbocycles. The van der Waals surface area contributed by atoms with Gasteiger partial charge in [0.25, 0.3) is 0 Å². The minimum absolute atomic E-state index is 0.171. The molecule has 0 aromatic heterocycles. The first-order chi connectivity index (χ1) is 10.0. The zero-order chi connectivity index (χ0) is 15.7. The number of carbonyl (C=O) groups is 2. The molecule has 21 heavy (non-hydrogen) atoms. The van der Waals surface area contributed by atoms with Gasteiger partial charge in [-0.25, -0.2) is 9.59 Å². The second kappa shape index (κ2) is 9.00. The zero-order valence-corrected chi connectivity index (χ0v) is 12.8. The van der Waals surface area contributed by atoms with Crippen LogP contribution in [0.5, 0.6) is 0 Å². The largest absolute Gasteiger partial charge is 0.464 e. The molecule has 0 saturated heterocycles. The van der Waals surface area contributed by atoms with Gasteiger partial charge in [-0.15, -0.1) is 0 Å². The molecule has 1 aromatic carbocycles. The third kappa shape index (κ3) is 6.79. The number of hydrogen-bond acceptors (Lipinski definition) is 4. The lowest BCUT2D eigenvalue weighted by molar-refractivity contribution is -0.146. The van der Waals surface area contributed by atoms with Crippen LogP contribution in [-0.2, 0) is 20.9 Å². The predicted octanol–water partition coefficient (Wildman–Crippen LogP) is 2.89. The lowest BCUT2D eigenvalue weighted by Gasteiger charge is -2.18. The van der Waals surface area contributed by atoms with Crippen molar-refractivity contribution in [2.24, 2.45) is 5.92 Å². The van der Waals surface area contributed by atoms with Gasteiger partial charge in [0.05, 0.1) is 6.61 Å². The highest BCUT2D eigenvalue weighted by Gasteiger charge is 2.23. The number of esters is 1. The number of hydrogen-bond donors (Lipinski definition) is 1. The maximum absolute atomic E-state index is 11.8. The summed E-state index contributed by atoms with van der Waals surface area (Å²) in [7, 11) is 0. The second-order valence-electron chi connectivity index (χ2n) is 5.14. The summed E-state index contributed by atoms with van der Waals surface area (Å²) in [5.41, 5.74) is 0.893. The molecule has 1 rings (SSSR count). The molecule has 0 fully saturated rings. The standard InChI is InChI=1S/C16H23NO4/c1-4-20-15(18)14(10-12(2)3)17-16(19)21-11-13-8-6-5-7-9-13/h5-9,12,14H,4,10-11H2,1-3H3,(H,17,19). The van der Waals surface area contributed by atoms with Crippen LogP contribution in [-0.4, -0.2) is 24.7 Å². The summed E-state index contributed by atoms with van der Waals surface area (Å²) >= 11 is 0. The average molecular weight is 293 g/mol. The topological polar surface area (TPSA) is 64.6 Å². The molecule has 0 saturated carbocycles. The van der Waals surface area contributed by atoms with Gasteiger partial charge in [0, 0.05) is 0 Å². The Morgan fingerprint density at radius 2 is 1.81 bits per heavy atom. The van der Waals surface area contributed by atoms with Gasteiger partial charge in [-0.3, -0.25) is 0 Å². The number of nitrogens with one attached hydrogen (secondary N) is 1. The molecule has 0 aliphatic rings. The van der Waals surface area contributed by atoms with Gasteiger partial charge < -0.3 is 14.8 Å². The minimum Gasteiger partial charge on any atom is -0.464 e. The molecular formula is C16H23NO4. The number of amides is 1. The van der Waals surface area contributed by atoms with Crippen LogP contribution < -0.4 is 5.32 Å². The van der Waals surface area contributed by atoms with E-state index in [1.165, 1.54) is 0 Å². The van der Waals surface area contributed by atoms with Crippen LogP contribution in [0.1, 0.15) is 32.8 Å². The zero-order valence-electron chi connectivity index (χ0n) is 12.8. The van der Waals surface area contributed by atoms with E-state index in [2.05, 4.69) is 5.32 Å². The number of rotatable bonds is 7. The first kappa shape index (κ1) is 17.0. The molecule has 0 heterocycles. The molecule has 1 aromatic rings. The van der Waals surface area contributed by atoms with Crippen LogP contribution in [0.4, 0.5) is 4.79 Å². The summed E-state index contributed by atoms with van der Waals surface area (Å²) in [6.07, 6.45) is -0.100. The highest BCUT2D eigenvalue weighted by molar-refractivity contribution is 5.81. The molecule has 0 radical (unpaired) electrons. The molecular weight excluding hydrogens is 270 g/mol. The van der Waals surface area contributed by atoms with E-state index in [0.717, 1.165) is 5.56 Å². The fraction of sp³-hybridized carbons (Fsp3) is 0.500. The molecule has 5 heteroatoms. The molecule has 1 N–H and O–H groups in total. The van der Waals surface area contributed by atoms with E-state index in [1.807, 2.05) is 44.2 Å². The van der Waals surface area contributed by atoms with E-state index in [-0.39, 0.29) is 19.1 Å². The van der Waals surface area contributed by atoms with E-state index in [0.29, 0.717) is 6.42 Å². The summed E-state index contributed by atoms with van der Waals surface area (Å²) in [5, 5.41) is 2.57. The number of alkyl carbamates (subject to hydrolysis) is 1. The third-order valence-electron chi connectivity index (χ3n) is 2.78. The van der Waals surface area contributed by atoms with Crippen LogP contribution in [0.2, 0.25) is 0 Å². The lowest BCUT2D eigenvalue weighted by Crippen LogP contribution is -2.42. The normalized spacial score (nSPS) is 11.8. The van der Waals surface area contributed by atoms with Gasteiger partial charge in [-0.1, -0.05) is 44.2 Å². The maximum atomic E-state index is 11.8. The quantitative estimate of drug-likeness (QED) is 0.785. The van der Waals surface area contributed by atoms with Gasteiger partial charge in [0.15, 0.2) is 0 Å². The van der Waals surface area contributed by atoms with E-state index in [9.17, 15) is 9.59 Å². The van der Waals surface area contributed by atoms with E-state index in [1.54, 1.807) is 6.92 Å². The molecule has 5 nitrogen and oxygen atoms in total. The summed E-state index contributed by atoms with van der Waals surface area (Å²) in [4.78, 5) is 23.6. The van der Waals surface area contributed by atoms with Gasteiger partial charge >= 0.3 is 12.1 Å². The van der Waals surface area contributed by atoms with Crippen molar-refractivity contribution in [3.8, 4) is 0 Å². The Bertz CT molecular complexity index is 445. The Balaban J connectivity index is 2.49. The second-order valence-corrected chi connectivity index (χ2v) is 5.14. The highest BCUT2D eigenvalue weighted by atomic mass is 16.6. The highest BCUT2D eigenvalue weighted by Crippen LogP contribution is 2.07. The third-order valence-corrected chi connectivity index (χ3v) is 2.78. The average Bonchev–Trinajstić information content (AvgIpc) is 2.45. The van der Waals surface area contributed by atoms with Gasteiger partial charge in [-0.2, -0.15) is 0 Å². The van der Waals surface area contributed by atoms with E-state index in [4.69, 9.17) is 9.47 Å². The van der Waals surface area contributed by atoms with Gasteiger partial charge in [0.1, 0.15) is 12.6 Å². The maximum Gasteiger partial charge on any atom is 0.408 e. The molecule has 0 aliphatic heterocycles. The molecule has 116 valence electrons. The summed E-state index contributed by atoms with van der Waals surface area (Å²) in [6, 6.07) is 8.69. The van der Waals surface area contributed by atoms with Crippen molar-refractivity contribution in [2.75, 3.05) is 6.61 Å². The fourth-order valence-corrected chi connectivity index (χ4v) is 1.84. The smallest absolute Gasteiger partial charge is 0.408 e. The summed E-state index contributed by atoms with van der Waals surface area (Å²) in [5.74, 6) is -0.170. The lowest BCUT2D eigenvalue weighted by atomic mass is 10.0. The van der Waals surface area contributed by atoms with E-state index >= 15 is 0 Å². The molecule has 0 bridgehead atoms. The van der Waals surface area contributed by atoms with Crippen LogP contribution in [0.25, 0.3) is 0 Å². The van der Waals surface area contributed by atoms with Gasteiger partial charge in [-0.05, 0) is 24.8 Å². The van der Waals surface area contributed by atoms with Crippen LogP contribution in [0.15, 0.2) is 30.3 Å². The van der Waals surface area contributed by atoms with Crippen molar-refractivity contribution in [1.29, 1.82) is 0 Å². The summed E-state index contributed by atoms with van der Waals surface area (Å²) < 4.78 is 10.1. The number of ether oxygens (including phenoxy) is 2. The number of benzene rings is 1. The molecule has 1 amide bonds. The van der Waals surface area contributed by atoms with Crippen LogP contribution in [0.3, 0.4) is 0 Å². The first-order valence-electron chi connectivity index (χ1n) is 7.16. The van der Waals surface area contributed by atoms with Gasteiger partial charge in [0.2, 0.25) is 0 Å². The Hall–Kier alpha value is -2.04. The SMILES string of the molecule is CCOC(=O)C(CC(C)C)NC(=O)OCc1ccccc1. The van der Waals surface area contributed by atoms with Crippen LogP contribution in [0, 0.1) is 5.92 Å². The predicted molar refractivity (Wildman–Crippen MR) is 79.6 cm³/mol.